The molecule has 0 amide bonds. The van der Waals surface area contributed by atoms with Crippen LogP contribution in [-0.4, -0.2) is 26.2 Å². The van der Waals surface area contributed by atoms with Crippen molar-refractivity contribution in [3.63, 3.8) is 0 Å². The van der Waals surface area contributed by atoms with Gasteiger partial charge in [0.15, 0.2) is 11.5 Å². The van der Waals surface area contributed by atoms with Gasteiger partial charge >= 0.3 is 0 Å². The lowest BCUT2D eigenvalue weighted by Gasteiger charge is -2.17. The summed E-state index contributed by atoms with van der Waals surface area (Å²) in [7, 11) is 0. The highest BCUT2D eigenvalue weighted by Crippen LogP contribution is 2.32. The van der Waals surface area contributed by atoms with Crippen LogP contribution in [0, 0.1) is 5.82 Å². The molecule has 0 spiro atoms. The number of rotatable bonds is 12. The molecule has 2 aromatic carbocycles. The largest absolute Gasteiger partial charge is 0.490 e. The van der Waals surface area contributed by atoms with E-state index in [4.69, 9.17) is 9.47 Å². The summed E-state index contributed by atoms with van der Waals surface area (Å²) in [5, 5.41) is 6.74. The molecule has 0 aliphatic rings. The van der Waals surface area contributed by atoms with Crippen LogP contribution in [0.1, 0.15) is 31.4 Å². The first kappa shape index (κ1) is 26.5. The zero-order valence-corrected chi connectivity index (χ0v) is 18.1. The van der Waals surface area contributed by atoms with Crippen molar-refractivity contribution in [1.29, 1.82) is 0 Å². The molecule has 7 heteroatoms. The maximum atomic E-state index is 13.9. The predicted octanol–water partition coefficient (Wildman–Crippen LogP) is 4.74. The van der Waals surface area contributed by atoms with Gasteiger partial charge in [0.25, 0.3) is 0 Å². The highest BCUT2D eigenvalue weighted by atomic mass is 35.5. The molecule has 0 bridgehead atoms. The predicted molar refractivity (Wildman–Crippen MR) is 118 cm³/mol. The van der Waals surface area contributed by atoms with Gasteiger partial charge in [0.2, 0.25) is 0 Å². The number of hydrogen-bond acceptors (Lipinski definition) is 4. The van der Waals surface area contributed by atoms with E-state index in [0.29, 0.717) is 30.2 Å². The number of hydrogen-bond donors (Lipinski definition) is 2. The molecule has 0 radical (unpaired) electrons. The Labute approximate surface area is 180 Å². The molecule has 2 N–H and O–H groups in total. The topological polar surface area (TPSA) is 42.5 Å². The summed E-state index contributed by atoms with van der Waals surface area (Å²) in [5.74, 6) is 1.11. The average Bonchev–Trinajstić information content (AvgIpc) is 2.65. The lowest BCUT2D eigenvalue weighted by Crippen LogP contribution is -2.21. The van der Waals surface area contributed by atoms with Crippen LogP contribution in [0.4, 0.5) is 4.39 Å². The van der Waals surface area contributed by atoms with Crippen LogP contribution in [-0.2, 0) is 13.2 Å². The SMILES string of the molecule is CCNCCCNCc1cccc(OCC)c1OCc1ccccc1F.Cl.Cl. The summed E-state index contributed by atoms with van der Waals surface area (Å²) in [6, 6.07) is 12.5. The highest BCUT2D eigenvalue weighted by molar-refractivity contribution is 5.85. The van der Waals surface area contributed by atoms with Crippen LogP contribution in [0.5, 0.6) is 11.5 Å². The molecule has 0 atom stereocenters. The van der Waals surface area contributed by atoms with Crippen molar-refractivity contribution >= 4 is 24.8 Å². The third-order valence-corrected chi connectivity index (χ3v) is 3.96. The average molecular weight is 433 g/mol. The fourth-order valence-corrected chi connectivity index (χ4v) is 2.64. The van der Waals surface area contributed by atoms with Gasteiger partial charge < -0.3 is 20.1 Å². The zero-order chi connectivity index (χ0) is 18.6. The van der Waals surface area contributed by atoms with Gasteiger partial charge in [-0.3, -0.25) is 0 Å². The van der Waals surface area contributed by atoms with Gasteiger partial charge in [-0.15, -0.1) is 24.8 Å². The Bertz CT molecular complexity index is 675. The van der Waals surface area contributed by atoms with Crippen LogP contribution in [0.2, 0.25) is 0 Å². The molecule has 0 saturated heterocycles. The molecule has 0 aliphatic heterocycles. The fraction of sp³-hybridized carbons (Fsp3) is 0.429. The molecule has 0 aliphatic carbocycles. The van der Waals surface area contributed by atoms with Gasteiger partial charge in [-0.1, -0.05) is 37.3 Å². The molecule has 28 heavy (non-hydrogen) atoms. The summed E-state index contributed by atoms with van der Waals surface area (Å²) in [6.07, 6.45) is 1.06. The Kier molecular flexibility index (Phi) is 14.6. The first-order valence-electron chi connectivity index (χ1n) is 9.28. The number of halogens is 3. The second-order valence-corrected chi connectivity index (χ2v) is 5.94. The van der Waals surface area contributed by atoms with Gasteiger partial charge in [0.1, 0.15) is 12.4 Å². The third-order valence-electron chi connectivity index (χ3n) is 3.96. The molecular weight excluding hydrogens is 402 g/mol. The maximum Gasteiger partial charge on any atom is 0.166 e. The van der Waals surface area contributed by atoms with E-state index in [0.717, 1.165) is 31.6 Å². The van der Waals surface area contributed by atoms with Gasteiger partial charge in [-0.2, -0.15) is 0 Å². The summed E-state index contributed by atoms with van der Waals surface area (Å²) in [5.41, 5.74) is 1.54. The van der Waals surface area contributed by atoms with E-state index in [2.05, 4.69) is 17.6 Å². The lowest BCUT2D eigenvalue weighted by atomic mass is 10.1. The van der Waals surface area contributed by atoms with Crippen LogP contribution < -0.4 is 20.1 Å². The van der Waals surface area contributed by atoms with E-state index in [-0.39, 0.29) is 37.2 Å². The normalized spacial score (nSPS) is 9.96. The van der Waals surface area contributed by atoms with Gasteiger partial charge in [0, 0.05) is 17.7 Å². The molecule has 2 rings (SSSR count). The van der Waals surface area contributed by atoms with E-state index < -0.39 is 0 Å². The van der Waals surface area contributed by atoms with E-state index in [9.17, 15) is 4.39 Å². The van der Waals surface area contributed by atoms with Crippen LogP contribution in [0.15, 0.2) is 42.5 Å². The van der Waals surface area contributed by atoms with E-state index in [1.54, 1.807) is 12.1 Å². The van der Waals surface area contributed by atoms with Gasteiger partial charge in [-0.05, 0) is 45.1 Å². The Morgan fingerprint density at radius 1 is 0.857 bits per heavy atom. The number of nitrogens with one attached hydrogen (secondary N) is 2. The maximum absolute atomic E-state index is 13.9. The Morgan fingerprint density at radius 3 is 2.29 bits per heavy atom. The Hall–Kier alpha value is -1.53. The molecule has 158 valence electrons. The van der Waals surface area contributed by atoms with Crippen molar-refractivity contribution in [2.24, 2.45) is 0 Å². The molecule has 0 heterocycles. The van der Waals surface area contributed by atoms with Crippen molar-refractivity contribution in [1.82, 2.24) is 10.6 Å². The second-order valence-electron chi connectivity index (χ2n) is 5.94. The smallest absolute Gasteiger partial charge is 0.166 e. The number of para-hydroxylation sites is 1. The quantitative estimate of drug-likeness (QED) is 0.475. The molecule has 2 aromatic rings. The van der Waals surface area contributed by atoms with Crippen molar-refractivity contribution in [3.05, 3.63) is 59.4 Å². The number of ether oxygens (including phenoxy) is 2. The zero-order valence-electron chi connectivity index (χ0n) is 16.5. The minimum atomic E-state index is -0.260. The standard InChI is InChI=1S/C21H29FN2O2.2ClH/c1-3-23-13-8-14-24-15-17-10-7-12-20(25-4-2)21(17)26-16-18-9-5-6-11-19(18)22;;/h5-7,9-12,23-24H,3-4,8,13-16H2,1-2H3;2*1H. The van der Waals surface area contributed by atoms with Crippen molar-refractivity contribution in [2.45, 2.75) is 33.4 Å². The lowest BCUT2D eigenvalue weighted by molar-refractivity contribution is 0.262. The third kappa shape index (κ3) is 8.65. The fourth-order valence-electron chi connectivity index (χ4n) is 2.64. The summed E-state index contributed by atoms with van der Waals surface area (Å²) >= 11 is 0. The molecule has 0 saturated carbocycles. The Balaban J connectivity index is 0.00000364. The number of benzene rings is 2. The molecule has 4 nitrogen and oxygen atoms in total. The second kappa shape index (κ2) is 15.4. The van der Waals surface area contributed by atoms with Crippen LogP contribution >= 0.6 is 24.8 Å². The van der Waals surface area contributed by atoms with E-state index >= 15 is 0 Å². The van der Waals surface area contributed by atoms with Gasteiger partial charge in [0.05, 0.1) is 6.61 Å². The minimum absolute atomic E-state index is 0. The molecule has 0 aromatic heterocycles. The summed E-state index contributed by atoms with van der Waals surface area (Å²) < 4.78 is 25.5. The van der Waals surface area contributed by atoms with Crippen LogP contribution in [0.25, 0.3) is 0 Å². The van der Waals surface area contributed by atoms with Crippen molar-refractivity contribution in [3.8, 4) is 11.5 Å². The minimum Gasteiger partial charge on any atom is -0.490 e. The van der Waals surface area contributed by atoms with Crippen LogP contribution in [0.3, 0.4) is 0 Å². The molecular formula is C21H31Cl2FN2O2. The van der Waals surface area contributed by atoms with Gasteiger partial charge in [-0.25, -0.2) is 4.39 Å². The molecule has 0 fully saturated rings. The van der Waals surface area contributed by atoms with Crippen molar-refractivity contribution < 1.29 is 13.9 Å². The first-order chi connectivity index (χ1) is 12.8. The van der Waals surface area contributed by atoms with Crippen molar-refractivity contribution in [2.75, 3.05) is 26.2 Å². The Morgan fingerprint density at radius 2 is 1.57 bits per heavy atom. The first-order valence-corrected chi connectivity index (χ1v) is 9.28. The van der Waals surface area contributed by atoms with E-state index in [1.807, 2.05) is 31.2 Å². The summed E-state index contributed by atoms with van der Waals surface area (Å²) in [4.78, 5) is 0. The highest BCUT2D eigenvalue weighted by Gasteiger charge is 2.12. The van der Waals surface area contributed by atoms with E-state index in [1.165, 1.54) is 6.07 Å². The summed E-state index contributed by atoms with van der Waals surface area (Å²) in [6.45, 7) is 8.35. The molecule has 0 unspecified atom stereocenters. The monoisotopic (exact) mass is 432 g/mol.